The molecule has 2 N–H and O–H groups in total. The Labute approximate surface area is 166 Å². The number of nitrogens with one attached hydrogen (secondary N) is 1. The van der Waals surface area contributed by atoms with E-state index in [0.29, 0.717) is 17.3 Å². The van der Waals surface area contributed by atoms with Crippen LogP contribution in [-0.2, 0) is 4.74 Å². The fourth-order valence-electron chi connectivity index (χ4n) is 3.77. The Balaban J connectivity index is 1.56. The van der Waals surface area contributed by atoms with Gasteiger partial charge in [-0.2, -0.15) is 0 Å². The quantitative estimate of drug-likeness (QED) is 0.634. The van der Waals surface area contributed by atoms with Crippen LogP contribution in [0.5, 0.6) is 0 Å². The van der Waals surface area contributed by atoms with Gasteiger partial charge < -0.3 is 19.7 Å². The number of aromatic amines is 1. The van der Waals surface area contributed by atoms with Crippen molar-refractivity contribution in [1.82, 2.24) is 19.9 Å². The first kappa shape index (κ1) is 18.8. The number of hydrogen-bond acceptors (Lipinski definition) is 8. The third-order valence-corrected chi connectivity index (χ3v) is 6.43. The van der Waals surface area contributed by atoms with Crippen LogP contribution in [0.4, 0.5) is 5.82 Å². The summed E-state index contributed by atoms with van der Waals surface area (Å²) < 4.78 is 5.17. The molecule has 4 rings (SSSR count). The fraction of sp³-hybridized carbons (Fsp3) is 0.474. The van der Waals surface area contributed by atoms with E-state index in [9.17, 15) is 9.90 Å². The summed E-state index contributed by atoms with van der Waals surface area (Å²) in [6, 6.07) is 0. The van der Waals surface area contributed by atoms with Gasteiger partial charge >= 0.3 is 5.97 Å². The summed E-state index contributed by atoms with van der Waals surface area (Å²) in [6.07, 6.45) is 6.02. The van der Waals surface area contributed by atoms with E-state index in [1.165, 1.54) is 11.3 Å². The van der Waals surface area contributed by atoms with Gasteiger partial charge in [0.25, 0.3) is 0 Å². The number of fused-ring (bicyclic) bond motifs is 1. The van der Waals surface area contributed by atoms with Gasteiger partial charge in [0.1, 0.15) is 33.8 Å². The maximum Gasteiger partial charge on any atom is 0.348 e. The van der Waals surface area contributed by atoms with E-state index in [0.717, 1.165) is 47.5 Å². The number of aliphatic hydroxyl groups is 1. The van der Waals surface area contributed by atoms with Crippen molar-refractivity contribution in [3.8, 4) is 0 Å². The number of carbonyl (C=O) groups excluding carboxylic acids is 1. The molecule has 148 valence electrons. The van der Waals surface area contributed by atoms with Gasteiger partial charge in [-0.1, -0.05) is 0 Å². The molecule has 1 aliphatic heterocycles. The van der Waals surface area contributed by atoms with E-state index in [2.05, 4.69) is 24.8 Å². The normalized spacial score (nSPS) is 16.5. The van der Waals surface area contributed by atoms with Gasteiger partial charge in [0.2, 0.25) is 0 Å². The zero-order chi connectivity index (χ0) is 19.7. The number of imidazole rings is 1. The predicted molar refractivity (Wildman–Crippen MR) is 107 cm³/mol. The molecule has 3 aromatic rings. The van der Waals surface area contributed by atoms with Crippen molar-refractivity contribution in [2.24, 2.45) is 5.92 Å². The molecule has 28 heavy (non-hydrogen) atoms. The second-order valence-electron chi connectivity index (χ2n) is 6.90. The Kier molecular flexibility index (Phi) is 5.27. The second kappa shape index (κ2) is 7.84. The first-order valence-electron chi connectivity index (χ1n) is 9.43. The van der Waals surface area contributed by atoms with Crippen LogP contribution in [0, 0.1) is 12.8 Å². The average molecular weight is 401 g/mol. The number of H-pyrrole nitrogens is 1. The summed E-state index contributed by atoms with van der Waals surface area (Å²) in [7, 11) is 0. The van der Waals surface area contributed by atoms with Gasteiger partial charge in [0, 0.05) is 25.5 Å². The summed E-state index contributed by atoms with van der Waals surface area (Å²) in [4.78, 5) is 31.9. The van der Waals surface area contributed by atoms with Crippen molar-refractivity contribution in [3.05, 3.63) is 35.0 Å². The van der Waals surface area contributed by atoms with Crippen LogP contribution >= 0.6 is 11.3 Å². The fourth-order valence-corrected chi connectivity index (χ4v) is 4.81. The Hall–Kier alpha value is -2.52. The molecular formula is C19H23N5O3S. The number of aliphatic hydroxyl groups excluding tert-OH is 1. The Morgan fingerprint density at radius 1 is 1.39 bits per heavy atom. The first-order valence-corrected chi connectivity index (χ1v) is 10.2. The van der Waals surface area contributed by atoms with Crippen LogP contribution in [0.25, 0.3) is 10.2 Å². The molecule has 3 aromatic heterocycles. The number of carbonyl (C=O) groups is 1. The maximum atomic E-state index is 12.2. The van der Waals surface area contributed by atoms with E-state index in [4.69, 9.17) is 4.74 Å². The summed E-state index contributed by atoms with van der Waals surface area (Å²) >= 11 is 1.35. The van der Waals surface area contributed by atoms with E-state index in [-0.39, 0.29) is 11.9 Å². The number of nitrogens with zero attached hydrogens (tertiary/aromatic N) is 4. The number of thiophene rings is 1. The highest BCUT2D eigenvalue weighted by Gasteiger charge is 2.30. The molecule has 4 heterocycles. The van der Waals surface area contributed by atoms with E-state index < -0.39 is 6.10 Å². The Bertz CT molecular complexity index is 964. The standard InChI is InChI=1S/C19H23N5O3S/c1-3-27-19(26)15-11(2)13-17(22-10-23-18(13)28-15)24-8-4-12(5-9-24)14(25)16-20-6-7-21-16/h6-7,10,12,14,25H,3-5,8-9H2,1-2H3,(H,20,21). The van der Waals surface area contributed by atoms with Crippen molar-refractivity contribution in [2.75, 3.05) is 24.6 Å². The Morgan fingerprint density at radius 2 is 2.18 bits per heavy atom. The van der Waals surface area contributed by atoms with Crippen LogP contribution in [0.1, 0.15) is 46.9 Å². The number of piperidine rings is 1. The molecule has 0 radical (unpaired) electrons. The highest BCUT2D eigenvalue weighted by Crippen LogP contribution is 2.37. The van der Waals surface area contributed by atoms with Gasteiger partial charge in [0.15, 0.2) is 0 Å². The summed E-state index contributed by atoms with van der Waals surface area (Å²) in [5.41, 5.74) is 0.867. The second-order valence-corrected chi connectivity index (χ2v) is 7.90. The molecule has 8 nitrogen and oxygen atoms in total. The molecule has 9 heteroatoms. The molecule has 0 amide bonds. The number of aromatic nitrogens is 4. The van der Waals surface area contributed by atoms with Crippen LogP contribution in [0.2, 0.25) is 0 Å². The number of hydrogen-bond donors (Lipinski definition) is 2. The van der Waals surface area contributed by atoms with Gasteiger partial charge in [-0.15, -0.1) is 11.3 Å². The van der Waals surface area contributed by atoms with Crippen LogP contribution in [0.3, 0.4) is 0 Å². The summed E-state index contributed by atoms with van der Waals surface area (Å²) in [5.74, 6) is 1.31. The molecule has 1 fully saturated rings. The molecule has 0 bridgehead atoms. The van der Waals surface area contributed by atoms with Crippen molar-refractivity contribution in [1.29, 1.82) is 0 Å². The molecule has 1 aliphatic rings. The minimum Gasteiger partial charge on any atom is -0.462 e. The lowest BCUT2D eigenvalue weighted by molar-refractivity contribution is 0.0531. The average Bonchev–Trinajstić information content (AvgIpc) is 3.36. The predicted octanol–water partition coefficient (Wildman–Crippen LogP) is 2.85. The number of rotatable bonds is 5. The third-order valence-electron chi connectivity index (χ3n) is 5.25. The number of esters is 1. The Morgan fingerprint density at radius 3 is 2.86 bits per heavy atom. The van der Waals surface area contributed by atoms with Crippen molar-refractivity contribution in [3.63, 3.8) is 0 Å². The highest BCUT2D eigenvalue weighted by atomic mass is 32.1. The SMILES string of the molecule is CCOC(=O)c1sc2ncnc(N3CCC(C(O)c4ncc[nH]4)CC3)c2c1C. The van der Waals surface area contributed by atoms with E-state index >= 15 is 0 Å². The lowest BCUT2D eigenvalue weighted by atomic mass is 9.90. The van der Waals surface area contributed by atoms with Crippen LogP contribution in [-0.4, -0.2) is 50.7 Å². The molecule has 0 aromatic carbocycles. The van der Waals surface area contributed by atoms with Gasteiger partial charge in [0.05, 0.1) is 12.0 Å². The highest BCUT2D eigenvalue weighted by molar-refractivity contribution is 7.20. The van der Waals surface area contributed by atoms with E-state index in [1.54, 1.807) is 25.6 Å². The zero-order valence-electron chi connectivity index (χ0n) is 15.9. The third kappa shape index (κ3) is 3.35. The molecule has 0 aliphatic carbocycles. The van der Waals surface area contributed by atoms with Crippen molar-refractivity contribution < 1.29 is 14.6 Å². The summed E-state index contributed by atoms with van der Waals surface area (Å²) in [5, 5.41) is 11.5. The number of ether oxygens (including phenoxy) is 1. The minimum absolute atomic E-state index is 0.151. The molecule has 0 saturated carbocycles. The topological polar surface area (TPSA) is 104 Å². The smallest absolute Gasteiger partial charge is 0.348 e. The molecule has 1 saturated heterocycles. The minimum atomic E-state index is -0.583. The largest absolute Gasteiger partial charge is 0.462 e. The molecular weight excluding hydrogens is 378 g/mol. The first-order chi connectivity index (χ1) is 13.6. The van der Waals surface area contributed by atoms with Gasteiger partial charge in [-0.25, -0.2) is 19.7 Å². The van der Waals surface area contributed by atoms with Gasteiger partial charge in [-0.05, 0) is 38.2 Å². The monoisotopic (exact) mass is 401 g/mol. The van der Waals surface area contributed by atoms with Crippen molar-refractivity contribution >= 4 is 33.3 Å². The van der Waals surface area contributed by atoms with Crippen LogP contribution in [0.15, 0.2) is 18.7 Å². The van der Waals surface area contributed by atoms with Gasteiger partial charge in [-0.3, -0.25) is 0 Å². The maximum absolute atomic E-state index is 12.2. The molecule has 1 atom stereocenters. The van der Waals surface area contributed by atoms with Crippen molar-refractivity contribution in [2.45, 2.75) is 32.8 Å². The zero-order valence-corrected chi connectivity index (χ0v) is 16.7. The van der Waals surface area contributed by atoms with Crippen LogP contribution < -0.4 is 4.90 Å². The van der Waals surface area contributed by atoms with E-state index in [1.807, 2.05) is 6.92 Å². The number of anilines is 1. The molecule has 1 unspecified atom stereocenters. The number of aryl methyl sites for hydroxylation is 1. The lowest BCUT2D eigenvalue weighted by Crippen LogP contribution is -2.36. The molecule has 0 spiro atoms. The summed E-state index contributed by atoms with van der Waals surface area (Å²) in [6.45, 7) is 5.62. The lowest BCUT2D eigenvalue weighted by Gasteiger charge is -2.34.